The van der Waals surface area contributed by atoms with Gasteiger partial charge in [-0.05, 0) is 70.9 Å². The maximum absolute atomic E-state index is 10.8. The van der Waals surface area contributed by atoms with Gasteiger partial charge in [-0.25, -0.2) is 0 Å². The predicted octanol–water partition coefficient (Wildman–Crippen LogP) is 6.90. The molecule has 0 amide bonds. The molecule has 4 rings (SSSR count). The number of rotatable bonds is 7. The molecule has 0 bridgehead atoms. The van der Waals surface area contributed by atoms with Crippen molar-refractivity contribution in [2.45, 2.75) is 57.0 Å². The molecule has 0 heterocycles. The van der Waals surface area contributed by atoms with E-state index < -0.39 is 5.97 Å². The highest BCUT2D eigenvalue weighted by molar-refractivity contribution is 14.1. The normalized spacial score (nSPS) is 18.9. The molecule has 0 aromatic heterocycles. The van der Waals surface area contributed by atoms with E-state index in [0.717, 1.165) is 12.0 Å². The lowest BCUT2D eigenvalue weighted by Gasteiger charge is -2.21. The van der Waals surface area contributed by atoms with Gasteiger partial charge in [-0.1, -0.05) is 89.3 Å². The molecule has 1 fully saturated rings. The summed E-state index contributed by atoms with van der Waals surface area (Å²) in [6, 6.07) is 24.5. The maximum atomic E-state index is 10.8. The number of halogens is 1. The van der Waals surface area contributed by atoms with Gasteiger partial charge in [0.2, 0.25) is 0 Å². The predicted molar refractivity (Wildman–Crippen MR) is 138 cm³/mol. The molecule has 3 atom stereocenters. The molecule has 1 saturated carbocycles. The smallest absolute Gasteiger partial charge is 0.303 e. The second-order valence-corrected chi connectivity index (χ2v) is 8.30. The zero-order valence-electron chi connectivity index (χ0n) is 18.4. The summed E-state index contributed by atoms with van der Waals surface area (Å²) < 4.78 is 0. The number of carbonyl (C=O) groups is 1. The third-order valence-electron chi connectivity index (χ3n) is 6.26. The molecule has 1 aliphatic rings. The second kappa shape index (κ2) is 11.6. The van der Waals surface area contributed by atoms with E-state index in [0.29, 0.717) is 24.4 Å². The van der Waals surface area contributed by atoms with E-state index in [-0.39, 0.29) is 6.42 Å². The van der Waals surface area contributed by atoms with E-state index in [1.807, 2.05) is 11.0 Å². The Morgan fingerprint density at radius 1 is 1.06 bits per heavy atom. The van der Waals surface area contributed by atoms with Crippen molar-refractivity contribution in [3.63, 3.8) is 0 Å². The van der Waals surface area contributed by atoms with Crippen LogP contribution in [0.4, 0.5) is 0 Å². The van der Waals surface area contributed by atoms with Crippen LogP contribution in [0.15, 0.2) is 66.7 Å². The van der Waals surface area contributed by atoms with E-state index >= 15 is 0 Å². The number of hydrogen-bond acceptors (Lipinski definition) is 2. The quantitative estimate of drug-likeness (QED) is 0.259. The molecule has 2 unspecified atom stereocenters. The average Bonchev–Trinajstić information content (AvgIpc) is 3.27. The minimum atomic E-state index is -0.733. The number of aliphatic carboxylic acids is 1. The van der Waals surface area contributed by atoms with Crippen LogP contribution < -0.4 is 5.32 Å². The number of carboxylic acids is 1. The summed E-state index contributed by atoms with van der Waals surface area (Å²) in [7, 11) is 0. The van der Waals surface area contributed by atoms with E-state index in [4.69, 9.17) is 5.11 Å². The van der Waals surface area contributed by atoms with Crippen molar-refractivity contribution in [3.05, 3.63) is 83.4 Å². The number of nitrogens with one attached hydrogen (secondary N) is 1. The van der Waals surface area contributed by atoms with Crippen molar-refractivity contribution in [2.24, 2.45) is 0 Å². The fourth-order valence-corrected chi connectivity index (χ4v) is 4.76. The summed E-state index contributed by atoms with van der Waals surface area (Å²) in [4.78, 5) is 12.8. The Morgan fingerprint density at radius 2 is 1.81 bits per heavy atom. The van der Waals surface area contributed by atoms with Crippen LogP contribution in [0.3, 0.4) is 0 Å². The van der Waals surface area contributed by atoms with Crippen molar-refractivity contribution in [2.75, 3.05) is 4.93 Å². The van der Waals surface area contributed by atoms with Gasteiger partial charge in [-0.3, -0.25) is 4.79 Å². The summed E-state index contributed by atoms with van der Waals surface area (Å²) in [6.07, 6.45) is 4.30. The van der Waals surface area contributed by atoms with Gasteiger partial charge < -0.3 is 10.4 Å². The Kier molecular flexibility index (Phi) is 8.90. The largest absolute Gasteiger partial charge is 0.481 e. The molecule has 0 spiro atoms. The molecule has 1 aliphatic carbocycles. The number of fused-ring (bicyclic) bond motifs is 1. The highest BCUT2D eigenvalue weighted by atomic mass is 127. The van der Waals surface area contributed by atoms with Gasteiger partial charge in [0, 0.05) is 18.5 Å². The molecule has 3 nitrogen and oxygen atoms in total. The molecule has 0 saturated heterocycles. The number of aryl methyl sites for hydroxylation is 1. The maximum Gasteiger partial charge on any atom is 0.303 e. The minimum Gasteiger partial charge on any atom is -0.481 e. The molecule has 0 aliphatic heterocycles. The molecule has 164 valence electrons. The summed E-state index contributed by atoms with van der Waals surface area (Å²) in [5, 5.41) is 15.4. The van der Waals surface area contributed by atoms with Gasteiger partial charge in [0.15, 0.2) is 0 Å². The van der Waals surface area contributed by atoms with E-state index in [9.17, 15) is 4.79 Å². The summed E-state index contributed by atoms with van der Waals surface area (Å²) in [6.45, 7) is 2.27. The lowest BCUT2D eigenvalue weighted by atomic mass is 9.94. The molecule has 3 aromatic rings. The fourth-order valence-electron chi connectivity index (χ4n) is 4.76. The Bertz CT molecular complexity index is 998. The SMILES string of the molecule is CI.C[C@@H](NC1CCC(c2cccc(CCC(=O)O)c2)C1)c1cccc2ccccc12. The van der Waals surface area contributed by atoms with Crippen molar-refractivity contribution in [3.8, 4) is 0 Å². The molecular formula is C27H32INO2. The lowest BCUT2D eigenvalue weighted by molar-refractivity contribution is -0.136. The highest BCUT2D eigenvalue weighted by Crippen LogP contribution is 2.36. The van der Waals surface area contributed by atoms with Crippen LogP contribution >= 0.6 is 22.6 Å². The van der Waals surface area contributed by atoms with Gasteiger partial charge in [0.25, 0.3) is 0 Å². The molecule has 2 N–H and O–H groups in total. The van der Waals surface area contributed by atoms with Gasteiger partial charge in [0.1, 0.15) is 0 Å². The van der Waals surface area contributed by atoms with Gasteiger partial charge in [0.05, 0.1) is 0 Å². The summed E-state index contributed by atoms with van der Waals surface area (Å²) in [5.41, 5.74) is 3.85. The van der Waals surface area contributed by atoms with Crippen LogP contribution in [0.25, 0.3) is 10.8 Å². The topological polar surface area (TPSA) is 49.3 Å². The van der Waals surface area contributed by atoms with Gasteiger partial charge in [-0.15, -0.1) is 0 Å². The van der Waals surface area contributed by atoms with Crippen LogP contribution in [0.2, 0.25) is 0 Å². The van der Waals surface area contributed by atoms with Crippen LogP contribution in [-0.4, -0.2) is 22.0 Å². The van der Waals surface area contributed by atoms with Crippen molar-refractivity contribution in [1.29, 1.82) is 0 Å². The fraction of sp³-hybridized carbons (Fsp3) is 0.370. The highest BCUT2D eigenvalue weighted by Gasteiger charge is 2.27. The Labute approximate surface area is 199 Å². The van der Waals surface area contributed by atoms with Gasteiger partial charge in [-0.2, -0.15) is 0 Å². The Hall–Kier alpha value is -1.92. The van der Waals surface area contributed by atoms with Crippen molar-refractivity contribution >= 4 is 39.3 Å². The number of benzene rings is 3. The second-order valence-electron chi connectivity index (χ2n) is 8.30. The van der Waals surface area contributed by atoms with E-state index in [2.05, 4.69) is 95.5 Å². The van der Waals surface area contributed by atoms with E-state index in [1.54, 1.807) is 0 Å². The molecule has 31 heavy (non-hydrogen) atoms. The molecular weight excluding hydrogens is 497 g/mol. The van der Waals surface area contributed by atoms with Crippen LogP contribution in [-0.2, 0) is 11.2 Å². The number of carboxylic acid groups (broad SMARTS) is 1. The minimum absolute atomic E-state index is 0.195. The summed E-state index contributed by atoms with van der Waals surface area (Å²) >= 11 is 2.15. The van der Waals surface area contributed by atoms with Crippen LogP contribution in [0.5, 0.6) is 0 Å². The monoisotopic (exact) mass is 529 g/mol. The van der Waals surface area contributed by atoms with Gasteiger partial charge >= 0.3 is 5.97 Å². The number of alkyl halides is 1. The molecule has 0 radical (unpaired) electrons. The van der Waals surface area contributed by atoms with Crippen molar-refractivity contribution < 1.29 is 9.90 Å². The first-order chi connectivity index (χ1) is 15.1. The first-order valence-electron chi connectivity index (χ1n) is 11.0. The molecule has 4 heteroatoms. The van der Waals surface area contributed by atoms with E-state index in [1.165, 1.54) is 34.7 Å². The average molecular weight is 529 g/mol. The van der Waals surface area contributed by atoms with Crippen LogP contribution in [0.1, 0.15) is 61.3 Å². The Morgan fingerprint density at radius 3 is 2.61 bits per heavy atom. The zero-order valence-corrected chi connectivity index (χ0v) is 20.5. The summed E-state index contributed by atoms with van der Waals surface area (Å²) in [5.74, 6) is -0.181. The lowest BCUT2D eigenvalue weighted by Crippen LogP contribution is -2.29. The Balaban J connectivity index is 0.00000132. The number of hydrogen-bond donors (Lipinski definition) is 2. The third-order valence-corrected chi connectivity index (χ3v) is 6.26. The zero-order chi connectivity index (χ0) is 22.2. The first kappa shape index (κ1) is 23.7. The first-order valence-corrected chi connectivity index (χ1v) is 13.2. The molecule has 3 aromatic carbocycles. The van der Waals surface area contributed by atoms with Crippen LogP contribution in [0, 0.1) is 0 Å². The third kappa shape index (κ3) is 6.30. The van der Waals surface area contributed by atoms with Crippen molar-refractivity contribution in [1.82, 2.24) is 5.32 Å². The standard InChI is InChI=1S/C26H29NO2.CH3I/c1-18(24-11-5-8-20-7-2-3-10-25(20)24)27-23-14-13-22(17-23)21-9-4-6-19(16-21)12-15-26(28)29;1-2/h2-11,16,18,22-23,27H,12-15,17H2,1H3,(H,28,29);1H3/t18-,22?,23?;/m1./s1.